The van der Waals surface area contributed by atoms with E-state index in [1.54, 1.807) is 24.3 Å². The quantitative estimate of drug-likeness (QED) is 0.0555. The van der Waals surface area contributed by atoms with Crippen LogP contribution in [0.4, 0.5) is 24.5 Å². The number of carbonyl (C=O) groups is 3. The first-order valence-corrected chi connectivity index (χ1v) is 32.4. The van der Waals surface area contributed by atoms with Crippen molar-refractivity contribution in [1.29, 1.82) is 0 Å². The van der Waals surface area contributed by atoms with Crippen LogP contribution >= 0.6 is 23.4 Å². The van der Waals surface area contributed by atoms with Gasteiger partial charge in [-0.1, -0.05) is 54.4 Å². The van der Waals surface area contributed by atoms with Gasteiger partial charge in [0.2, 0.25) is 0 Å². The van der Waals surface area contributed by atoms with Crippen LogP contribution in [0.15, 0.2) is 136 Å². The predicted octanol–water partition coefficient (Wildman–Crippen LogP) is 8.84. The van der Waals surface area contributed by atoms with Crippen LogP contribution in [-0.4, -0.2) is 182 Å². The largest absolute Gasteiger partial charge is 0.501 e. The fraction of sp³-hybridized carbons (Fsp3) is 0.433. The summed E-state index contributed by atoms with van der Waals surface area (Å²) in [6.45, 7) is 12.5. The van der Waals surface area contributed by atoms with Gasteiger partial charge in [0.1, 0.15) is 10.6 Å². The molecule has 84 heavy (non-hydrogen) atoms. The molecule has 0 spiro atoms. The number of amides is 2. The molecule has 0 saturated carbocycles. The van der Waals surface area contributed by atoms with Gasteiger partial charge in [-0.2, -0.15) is 13.2 Å². The number of pyridine rings is 1. The Balaban J connectivity index is 0.819. The molecule has 1 aliphatic carbocycles. The van der Waals surface area contributed by atoms with Crippen molar-refractivity contribution in [2.75, 3.05) is 121 Å². The van der Waals surface area contributed by atoms with Crippen molar-refractivity contribution in [2.24, 2.45) is 5.41 Å². The topological polar surface area (TPSA) is 191 Å². The number of hydrogen-bond donors (Lipinski definition) is 2. The number of aromatic nitrogens is 1. The molecule has 4 heterocycles. The predicted molar refractivity (Wildman–Crippen MR) is 319 cm³/mol. The van der Waals surface area contributed by atoms with Gasteiger partial charge in [0, 0.05) is 131 Å². The Morgan fingerprint density at radius 1 is 0.810 bits per heavy atom. The molecule has 1 aromatic heterocycles. The van der Waals surface area contributed by atoms with Gasteiger partial charge < -0.3 is 29.5 Å². The molecule has 2 unspecified atom stereocenters. The van der Waals surface area contributed by atoms with Crippen LogP contribution in [0.5, 0.6) is 0 Å². The van der Waals surface area contributed by atoms with E-state index < -0.39 is 58.8 Å². The molecule has 2 amide bonds. The average molecular weight is 1240 g/mol. The molecule has 450 valence electrons. The second-order valence-corrected chi connectivity index (χ2v) is 27.1. The SMILES string of the molecule is COC(=O)c1ccc(C(=O)N2CCN(CC3(C)CCC(c4ccc(Cl)cc4)=C(CN4CCN(c5ccc(C(=O)NS(=O)(=O)c6ccc(NC(CCN7CCCOCC7)CSc7ccccc7)c(S(=O)(=O)C(F)(F)F)c6)cc5)CC4)C3)CC2)nc1. The Morgan fingerprint density at radius 2 is 1.51 bits per heavy atom. The monoisotopic (exact) mass is 1230 g/mol. The van der Waals surface area contributed by atoms with E-state index >= 15 is 0 Å². The molecule has 3 aliphatic heterocycles. The van der Waals surface area contributed by atoms with Crippen molar-refractivity contribution in [2.45, 2.75) is 65.3 Å². The lowest BCUT2D eigenvalue weighted by Crippen LogP contribution is -2.51. The number of alkyl halides is 3. The maximum atomic E-state index is 14.3. The van der Waals surface area contributed by atoms with Crippen molar-refractivity contribution < 1.29 is 53.9 Å². The summed E-state index contributed by atoms with van der Waals surface area (Å²) in [6, 6.07) is 28.7. The summed E-state index contributed by atoms with van der Waals surface area (Å²) < 4.78 is 109. The number of rotatable bonds is 20. The third-order valence-corrected chi connectivity index (χ3v) is 20.2. The highest BCUT2D eigenvalue weighted by Crippen LogP contribution is 2.44. The molecule has 0 radical (unpaired) electrons. The number of benzene rings is 4. The van der Waals surface area contributed by atoms with E-state index in [1.165, 1.54) is 48.3 Å². The number of esters is 1. The number of methoxy groups -OCH3 is 1. The normalized spacial score (nSPS) is 19.4. The van der Waals surface area contributed by atoms with Crippen LogP contribution in [0.3, 0.4) is 0 Å². The van der Waals surface area contributed by atoms with Crippen LogP contribution in [0.1, 0.15) is 75.8 Å². The molecule has 4 aliphatic rings. The number of nitrogens with zero attached hydrogens (tertiary/aromatic N) is 6. The van der Waals surface area contributed by atoms with Crippen molar-refractivity contribution in [3.63, 3.8) is 0 Å². The van der Waals surface area contributed by atoms with E-state index in [4.69, 9.17) is 21.1 Å². The Labute approximate surface area is 498 Å². The van der Waals surface area contributed by atoms with Gasteiger partial charge in [-0.3, -0.25) is 24.4 Å². The number of ether oxygens (including phenoxy) is 2. The van der Waals surface area contributed by atoms with Gasteiger partial charge in [0.25, 0.3) is 31.7 Å². The second-order valence-electron chi connectivity index (χ2n) is 22.0. The van der Waals surface area contributed by atoms with Crippen molar-refractivity contribution in [3.05, 3.63) is 148 Å². The minimum atomic E-state index is -6.10. The maximum absolute atomic E-state index is 14.3. The number of halogens is 4. The van der Waals surface area contributed by atoms with Crippen molar-refractivity contribution in [3.8, 4) is 0 Å². The number of nitrogens with one attached hydrogen (secondary N) is 2. The molecular weight excluding hydrogens is 1170 g/mol. The van der Waals surface area contributed by atoms with E-state index in [0.29, 0.717) is 75.7 Å². The van der Waals surface area contributed by atoms with Gasteiger partial charge in [0.05, 0.1) is 29.9 Å². The molecule has 4 aromatic carbocycles. The van der Waals surface area contributed by atoms with E-state index in [2.05, 4.69) is 49.0 Å². The molecule has 5 aromatic rings. The van der Waals surface area contributed by atoms with Crippen LogP contribution in [0, 0.1) is 5.41 Å². The van der Waals surface area contributed by atoms with Gasteiger partial charge in [-0.25, -0.2) is 26.4 Å². The summed E-state index contributed by atoms with van der Waals surface area (Å²) in [5.74, 6) is -1.38. The van der Waals surface area contributed by atoms with Gasteiger partial charge in [-0.05, 0) is 128 Å². The van der Waals surface area contributed by atoms with Gasteiger partial charge in [-0.15, -0.1) is 11.8 Å². The number of sulfone groups is 1. The fourth-order valence-electron chi connectivity index (χ4n) is 11.3. The number of anilines is 2. The first-order chi connectivity index (χ1) is 40.2. The highest BCUT2D eigenvalue weighted by atomic mass is 35.5. The summed E-state index contributed by atoms with van der Waals surface area (Å²) in [5, 5.41) is 3.68. The highest BCUT2D eigenvalue weighted by molar-refractivity contribution is 7.99. The number of allylic oxidation sites excluding steroid dienone is 1. The molecular formula is C60H70ClF3N8O9S3. The van der Waals surface area contributed by atoms with E-state index in [1.807, 2.05) is 52.1 Å². The zero-order chi connectivity index (χ0) is 59.7. The maximum Gasteiger partial charge on any atom is 0.501 e. The summed E-state index contributed by atoms with van der Waals surface area (Å²) in [6.07, 6.45) is 5.38. The lowest BCUT2D eigenvalue weighted by atomic mass is 9.71. The highest BCUT2D eigenvalue weighted by Gasteiger charge is 2.49. The summed E-state index contributed by atoms with van der Waals surface area (Å²) in [7, 11) is -9.70. The molecule has 3 saturated heterocycles. The second kappa shape index (κ2) is 27.5. The lowest BCUT2D eigenvalue weighted by Gasteiger charge is -2.44. The zero-order valence-corrected chi connectivity index (χ0v) is 50.2. The number of piperazine rings is 2. The molecule has 24 heteroatoms. The molecule has 0 bridgehead atoms. The fourth-order valence-corrected chi connectivity index (χ4v) is 14.4. The smallest absolute Gasteiger partial charge is 0.465 e. The number of hydrogen-bond acceptors (Lipinski definition) is 16. The molecule has 3 fully saturated rings. The van der Waals surface area contributed by atoms with Crippen LogP contribution in [-0.2, 0) is 29.3 Å². The molecule has 17 nitrogen and oxygen atoms in total. The third kappa shape index (κ3) is 15.9. The number of carbonyl (C=O) groups excluding carboxylic acids is 3. The number of thioether (sulfide) groups is 1. The Hall–Kier alpha value is -6.05. The minimum Gasteiger partial charge on any atom is -0.465 e. The Bertz CT molecular complexity index is 3360. The van der Waals surface area contributed by atoms with Crippen LogP contribution < -0.4 is 14.9 Å². The standard InChI is InChI=1S/C60H70ClF3N8O9S3/c1-59(42-70-28-32-72(33-29-70)57(74)54-19-13-45(39-65-54)58(75)80-2)23-21-52(43-9-14-47(61)15-10-43)46(38-59)40-69-26-30-71(31-27-69)49-16-11-44(12-17-49)56(73)67-84(78,79)51-18-20-53(55(37-51)83(76,77)60(62,63)64)66-48(41-82-50-7-4-3-5-8-50)22-25-68-24-6-35-81-36-34-68/h3-5,7-20,37,39,48,66H,6,21-36,38,40-42H2,1-2H3,(H,67,73). The third-order valence-electron chi connectivity index (χ3n) is 15.9. The minimum absolute atomic E-state index is 0.0219. The van der Waals surface area contributed by atoms with Crippen molar-refractivity contribution >= 4 is 78.0 Å². The summed E-state index contributed by atoms with van der Waals surface area (Å²) in [5.41, 5.74) is -1.01. The lowest BCUT2D eigenvalue weighted by molar-refractivity contribution is -0.0436. The molecule has 9 rings (SSSR count). The number of sulfonamides is 1. The first kappa shape index (κ1) is 62.5. The Kier molecular flexibility index (Phi) is 20.5. The molecule has 2 N–H and O–H groups in total. The zero-order valence-electron chi connectivity index (χ0n) is 47.0. The molecule has 2 atom stereocenters. The average Bonchev–Trinajstić information content (AvgIpc) is 2.20. The van der Waals surface area contributed by atoms with E-state index in [0.717, 1.165) is 99.8 Å². The summed E-state index contributed by atoms with van der Waals surface area (Å²) in [4.78, 5) is 52.9. The van der Waals surface area contributed by atoms with E-state index in [9.17, 15) is 44.4 Å². The van der Waals surface area contributed by atoms with Crippen LogP contribution in [0.25, 0.3) is 5.57 Å². The van der Waals surface area contributed by atoms with Crippen molar-refractivity contribution in [1.82, 2.24) is 29.3 Å². The van der Waals surface area contributed by atoms with Gasteiger partial charge in [0.15, 0.2) is 0 Å². The van der Waals surface area contributed by atoms with E-state index in [-0.39, 0.29) is 28.1 Å². The van der Waals surface area contributed by atoms with Gasteiger partial charge >= 0.3 is 11.5 Å². The first-order valence-electron chi connectivity index (χ1n) is 28.0. The summed E-state index contributed by atoms with van der Waals surface area (Å²) >= 11 is 7.78. The Morgan fingerprint density at radius 3 is 2.19 bits per heavy atom. The van der Waals surface area contributed by atoms with Crippen LogP contribution in [0.2, 0.25) is 5.02 Å².